The van der Waals surface area contributed by atoms with Crippen LogP contribution in [0.2, 0.25) is 0 Å². The highest BCUT2D eigenvalue weighted by Crippen LogP contribution is 2.43. The average molecular weight is 630 g/mol. The Morgan fingerprint density at radius 3 is 1.11 bits per heavy atom. The highest BCUT2D eigenvalue weighted by atomic mass is 79.9. The summed E-state index contributed by atoms with van der Waals surface area (Å²) in [5.74, 6) is 0. The van der Waals surface area contributed by atoms with Gasteiger partial charge in [-0.15, -0.1) is 0 Å². The van der Waals surface area contributed by atoms with Crippen LogP contribution in [0.15, 0.2) is 66.9 Å². The van der Waals surface area contributed by atoms with Crippen LogP contribution in [-0.4, -0.2) is 0 Å². The third-order valence-electron chi connectivity index (χ3n) is 4.22. The number of hydrogen-bond acceptors (Lipinski definition) is 0. The summed E-state index contributed by atoms with van der Waals surface area (Å²) in [6, 6.07) is 8.33. The van der Waals surface area contributed by atoms with Gasteiger partial charge in [-0.2, -0.15) is 0 Å². The lowest BCUT2D eigenvalue weighted by Crippen LogP contribution is -2.25. The van der Waals surface area contributed by atoms with Gasteiger partial charge in [0.1, 0.15) is 14.1 Å². The van der Waals surface area contributed by atoms with Crippen molar-refractivity contribution in [2.24, 2.45) is 14.1 Å². The second-order valence-corrected chi connectivity index (χ2v) is 9.52. The number of hydrogen-bond donors (Lipinski definition) is 0. The SMILES string of the molecule is C[n+]1ccc(/C=C/c2c(Br)c(Br)c(/C=C/c3cc[n+](C)cc3)c(Br)c2Br)cc1. The van der Waals surface area contributed by atoms with E-state index in [4.69, 9.17) is 0 Å². The van der Waals surface area contributed by atoms with Crippen LogP contribution in [0.1, 0.15) is 22.3 Å². The lowest BCUT2D eigenvalue weighted by Gasteiger charge is -2.12. The molecule has 0 saturated carbocycles. The number of benzene rings is 1. The molecule has 28 heavy (non-hydrogen) atoms. The van der Waals surface area contributed by atoms with E-state index in [1.807, 2.05) is 48.0 Å². The molecule has 3 rings (SSSR count). The molecule has 0 unspecified atom stereocenters. The second-order valence-electron chi connectivity index (χ2n) is 6.34. The Morgan fingerprint density at radius 2 is 0.821 bits per heavy atom. The van der Waals surface area contributed by atoms with Gasteiger partial charge < -0.3 is 0 Å². The third kappa shape index (κ3) is 5.09. The lowest BCUT2D eigenvalue weighted by atomic mass is 10.1. The van der Waals surface area contributed by atoms with Crippen LogP contribution < -0.4 is 9.13 Å². The topological polar surface area (TPSA) is 7.76 Å². The molecule has 0 N–H and O–H groups in total. The molecule has 0 saturated heterocycles. The zero-order valence-electron chi connectivity index (χ0n) is 15.3. The Kier molecular flexibility index (Phi) is 7.42. The van der Waals surface area contributed by atoms with Gasteiger partial charge in [0, 0.05) is 53.3 Å². The van der Waals surface area contributed by atoms with Crippen LogP contribution in [0, 0.1) is 0 Å². The molecule has 1 aromatic carbocycles. The minimum atomic E-state index is 0.999. The number of aromatic nitrogens is 2. The van der Waals surface area contributed by atoms with Crippen LogP contribution in [0.4, 0.5) is 0 Å². The van der Waals surface area contributed by atoms with Crippen LogP contribution in [-0.2, 0) is 14.1 Å². The predicted molar refractivity (Wildman–Crippen MR) is 130 cm³/mol. The number of rotatable bonds is 4. The van der Waals surface area contributed by atoms with E-state index in [-0.39, 0.29) is 0 Å². The van der Waals surface area contributed by atoms with Crippen molar-refractivity contribution in [1.29, 1.82) is 0 Å². The molecule has 2 aromatic heterocycles. The Bertz CT molecular complexity index is 938. The summed E-state index contributed by atoms with van der Waals surface area (Å²) in [5, 5.41) is 0. The molecule has 0 atom stereocenters. The van der Waals surface area contributed by atoms with Crippen LogP contribution in [0.3, 0.4) is 0 Å². The van der Waals surface area contributed by atoms with Crippen molar-refractivity contribution in [3.05, 3.63) is 89.2 Å². The molecule has 0 aliphatic carbocycles. The Labute approximate surface area is 199 Å². The lowest BCUT2D eigenvalue weighted by molar-refractivity contribution is -0.671. The van der Waals surface area contributed by atoms with Gasteiger partial charge in [0.25, 0.3) is 0 Å². The van der Waals surface area contributed by atoms with Gasteiger partial charge in [0.05, 0.1) is 0 Å². The third-order valence-corrected chi connectivity index (χ3v) is 8.58. The molecule has 0 bridgehead atoms. The normalized spacial score (nSPS) is 11.6. The Morgan fingerprint density at radius 1 is 0.536 bits per heavy atom. The van der Waals surface area contributed by atoms with Crippen LogP contribution in [0.5, 0.6) is 0 Å². The molecular formula is C22H18Br4N2+2. The first-order valence-corrected chi connectivity index (χ1v) is 11.7. The molecular weight excluding hydrogens is 612 g/mol. The van der Waals surface area contributed by atoms with E-state index in [1.54, 1.807) is 0 Å². The van der Waals surface area contributed by atoms with Crippen molar-refractivity contribution in [1.82, 2.24) is 0 Å². The van der Waals surface area contributed by atoms with Gasteiger partial charge in [-0.25, -0.2) is 9.13 Å². The summed E-state index contributed by atoms with van der Waals surface area (Å²) in [6.45, 7) is 0. The predicted octanol–water partition coefficient (Wildman–Crippen LogP) is 6.73. The largest absolute Gasteiger partial charge is 0.208 e. The molecule has 2 nitrogen and oxygen atoms in total. The molecule has 3 aromatic rings. The maximum absolute atomic E-state index is 3.75. The van der Waals surface area contributed by atoms with Crippen molar-refractivity contribution in [3.63, 3.8) is 0 Å². The van der Waals surface area contributed by atoms with Gasteiger partial charge in [-0.1, -0.05) is 24.3 Å². The number of pyridine rings is 2. The summed E-state index contributed by atoms with van der Waals surface area (Å²) >= 11 is 15.0. The van der Waals surface area contributed by atoms with E-state index < -0.39 is 0 Å². The zero-order valence-corrected chi connectivity index (χ0v) is 21.7. The van der Waals surface area contributed by atoms with Crippen molar-refractivity contribution >= 4 is 88.0 Å². The fourth-order valence-corrected chi connectivity index (χ4v) is 5.27. The van der Waals surface area contributed by atoms with E-state index in [0.717, 1.165) is 40.1 Å². The Hall–Kier alpha value is -1.08. The first kappa shape index (κ1) is 21.6. The first-order valence-electron chi connectivity index (χ1n) is 8.49. The van der Waals surface area contributed by atoms with Crippen LogP contribution >= 0.6 is 63.7 Å². The van der Waals surface area contributed by atoms with Gasteiger partial charge in [-0.3, -0.25) is 0 Å². The summed E-state index contributed by atoms with van der Waals surface area (Å²) < 4.78 is 8.03. The monoisotopic (exact) mass is 626 g/mol. The highest BCUT2D eigenvalue weighted by Gasteiger charge is 2.16. The van der Waals surface area contributed by atoms with Gasteiger partial charge in [0.2, 0.25) is 0 Å². The number of halogens is 4. The van der Waals surface area contributed by atoms with Crippen LogP contribution in [0.25, 0.3) is 24.3 Å². The van der Waals surface area contributed by atoms with Crippen molar-refractivity contribution in [2.45, 2.75) is 0 Å². The molecule has 6 heteroatoms. The summed E-state index contributed by atoms with van der Waals surface area (Å²) in [4.78, 5) is 0. The summed E-state index contributed by atoms with van der Waals surface area (Å²) in [5.41, 5.74) is 4.42. The van der Waals surface area contributed by atoms with E-state index in [0.29, 0.717) is 0 Å². The fourth-order valence-electron chi connectivity index (χ4n) is 2.56. The Balaban J connectivity index is 1.96. The highest BCUT2D eigenvalue weighted by molar-refractivity contribution is 9.14. The maximum Gasteiger partial charge on any atom is 0.169 e. The van der Waals surface area contributed by atoms with Gasteiger partial charge in [-0.05, 0) is 74.8 Å². The minimum absolute atomic E-state index is 0.999. The smallest absolute Gasteiger partial charge is 0.169 e. The molecule has 0 aliphatic heterocycles. The fraction of sp³-hybridized carbons (Fsp3) is 0.0909. The zero-order chi connectivity index (χ0) is 20.3. The first-order chi connectivity index (χ1) is 13.4. The second kappa shape index (κ2) is 9.61. The average Bonchev–Trinajstić information content (AvgIpc) is 2.69. The molecule has 0 spiro atoms. The van der Waals surface area contributed by atoms with Gasteiger partial charge in [0.15, 0.2) is 24.8 Å². The maximum atomic E-state index is 3.75. The minimum Gasteiger partial charge on any atom is -0.208 e. The number of nitrogens with zero attached hydrogens (tertiary/aromatic N) is 2. The standard InChI is InChI=1S/C22H18Br4N2/c1-27-11-7-15(8-12-27)3-5-17-19(23)21(25)18(22(26)20(17)24)6-4-16-9-13-28(2)14-10-16/h3-14H,1-2H3/q+2/b5-3+,6-4+. The quantitative estimate of drug-likeness (QED) is 0.224. The molecule has 0 amide bonds. The van der Waals surface area contributed by atoms with Crippen molar-refractivity contribution in [3.8, 4) is 0 Å². The van der Waals surface area contributed by atoms with Crippen molar-refractivity contribution < 1.29 is 9.13 Å². The molecule has 2 heterocycles. The molecule has 0 radical (unpaired) electrons. The molecule has 0 fully saturated rings. The molecule has 142 valence electrons. The molecule has 0 aliphatic rings. The van der Waals surface area contributed by atoms with Gasteiger partial charge >= 0.3 is 0 Å². The number of aryl methyl sites for hydroxylation is 2. The van der Waals surface area contributed by atoms with E-state index in [9.17, 15) is 0 Å². The van der Waals surface area contributed by atoms with E-state index in [1.165, 1.54) is 0 Å². The van der Waals surface area contributed by atoms with E-state index >= 15 is 0 Å². The van der Waals surface area contributed by atoms with Crippen molar-refractivity contribution in [2.75, 3.05) is 0 Å². The van der Waals surface area contributed by atoms with E-state index in [2.05, 4.69) is 112 Å². The summed E-state index contributed by atoms with van der Waals surface area (Å²) in [7, 11) is 4.02. The summed E-state index contributed by atoms with van der Waals surface area (Å²) in [6.07, 6.45) is 16.5.